The fourth-order valence-electron chi connectivity index (χ4n) is 1.81. The second-order valence-corrected chi connectivity index (χ2v) is 4.37. The lowest BCUT2D eigenvalue weighted by atomic mass is 10.2. The van der Waals surface area contributed by atoms with Crippen molar-refractivity contribution >= 4 is 29.9 Å². The van der Waals surface area contributed by atoms with E-state index in [1.54, 1.807) is 0 Å². The van der Waals surface area contributed by atoms with E-state index in [-0.39, 0.29) is 30.8 Å². The Morgan fingerprint density at radius 1 is 1.38 bits per heavy atom. The topological polar surface area (TPSA) is 78.1 Å². The number of hydrogen-bond acceptors (Lipinski definition) is 4. The number of rotatable bonds is 7. The monoisotopic (exact) mass is 407 g/mol. The maximum atomic E-state index is 5.79. The van der Waals surface area contributed by atoms with E-state index in [0.29, 0.717) is 12.5 Å². The van der Waals surface area contributed by atoms with E-state index in [2.05, 4.69) is 10.3 Å². The Kier molecular flexibility index (Phi) is 8.21. The molecule has 1 aliphatic rings. The van der Waals surface area contributed by atoms with Crippen molar-refractivity contribution in [3.63, 3.8) is 0 Å². The van der Waals surface area contributed by atoms with Crippen LogP contribution in [-0.2, 0) is 11.3 Å². The van der Waals surface area contributed by atoms with Crippen molar-refractivity contribution in [1.29, 1.82) is 0 Å². The minimum absolute atomic E-state index is 0. The van der Waals surface area contributed by atoms with Crippen molar-refractivity contribution in [3.05, 3.63) is 23.8 Å². The smallest absolute Gasteiger partial charge is 0.231 e. The van der Waals surface area contributed by atoms with E-state index in [1.165, 1.54) is 0 Å². The van der Waals surface area contributed by atoms with Crippen LogP contribution in [0.2, 0.25) is 0 Å². The predicted octanol–water partition coefficient (Wildman–Crippen LogP) is 1.86. The molecule has 0 bridgehead atoms. The van der Waals surface area contributed by atoms with Gasteiger partial charge in [0.25, 0.3) is 0 Å². The van der Waals surface area contributed by atoms with Crippen molar-refractivity contribution in [3.8, 4) is 11.5 Å². The zero-order valence-corrected chi connectivity index (χ0v) is 14.5. The van der Waals surface area contributed by atoms with Crippen LogP contribution in [0.25, 0.3) is 0 Å². The first-order valence-corrected chi connectivity index (χ1v) is 6.79. The third-order valence-electron chi connectivity index (χ3n) is 2.84. The van der Waals surface area contributed by atoms with Gasteiger partial charge in [-0.1, -0.05) is 6.07 Å². The lowest BCUT2D eigenvalue weighted by Crippen LogP contribution is -2.32. The number of hydrogen-bond donors (Lipinski definition) is 2. The minimum atomic E-state index is 0. The molecule has 0 saturated heterocycles. The fourth-order valence-corrected chi connectivity index (χ4v) is 1.81. The Labute approximate surface area is 142 Å². The molecule has 1 aliphatic heterocycles. The number of guanidine groups is 1. The molecule has 6 nitrogen and oxygen atoms in total. The highest BCUT2D eigenvalue weighted by molar-refractivity contribution is 14.0. The summed E-state index contributed by atoms with van der Waals surface area (Å²) in [6.45, 7) is 5.02. The molecule has 0 aromatic heterocycles. The summed E-state index contributed by atoms with van der Waals surface area (Å²) < 4.78 is 15.8. The molecule has 7 heteroatoms. The zero-order valence-electron chi connectivity index (χ0n) is 12.1. The Bertz CT molecular complexity index is 469. The molecule has 0 aliphatic carbocycles. The third kappa shape index (κ3) is 5.96. The molecule has 0 fully saturated rings. The van der Waals surface area contributed by atoms with Crippen LogP contribution in [0, 0.1) is 0 Å². The first-order valence-electron chi connectivity index (χ1n) is 6.79. The molecule has 1 aromatic carbocycles. The van der Waals surface area contributed by atoms with Gasteiger partial charge in [0.15, 0.2) is 17.5 Å². The van der Waals surface area contributed by atoms with Gasteiger partial charge in [0.2, 0.25) is 6.79 Å². The standard InChI is InChI=1S/C14H21N3O3.HI/c1-2-18-7-3-6-16-14(15)17-9-11-4-5-12-13(8-11)20-10-19-12;/h4-5,8H,2-3,6-7,9-10H2,1H3,(H3,15,16,17);1H. The number of aliphatic imine (C=N–C) groups is 1. The molecule has 0 amide bonds. The number of ether oxygens (including phenoxy) is 3. The van der Waals surface area contributed by atoms with Gasteiger partial charge in [-0.2, -0.15) is 0 Å². The van der Waals surface area contributed by atoms with Crippen LogP contribution < -0.4 is 20.5 Å². The van der Waals surface area contributed by atoms with E-state index >= 15 is 0 Å². The van der Waals surface area contributed by atoms with Crippen molar-refractivity contribution in [2.45, 2.75) is 19.9 Å². The molecule has 118 valence electrons. The zero-order chi connectivity index (χ0) is 14.2. The summed E-state index contributed by atoms with van der Waals surface area (Å²) in [5.41, 5.74) is 6.83. The van der Waals surface area contributed by atoms with Gasteiger partial charge in [0.1, 0.15) is 0 Å². The first kappa shape index (κ1) is 17.8. The van der Waals surface area contributed by atoms with Crippen molar-refractivity contribution < 1.29 is 14.2 Å². The number of benzene rings is 1. The van der Waals surface area contributed by atoms with Crippen LogP contribution >= 0.6 is 24.0 Å². The second-order valence-electron chi connectivity index (χ2n) is 4.37. The first-order chi connectivity index (χ1) is 9.79. The van der Waals surface area contributed by atoms with Gasteiger partial charge in [-0.15, -0.1) is 24.0 Å². The van der Waals surface area contributed by atoms with Gasteiger partial charge in [-0.05, 0) is 31.0 Å². The summed E-state index contributed by atoms with van der Waals surface area (Å²) in [4.78, 5) is 4.28. The van der Waals surface area contributed by atoms with Gasteiger partial charge in [-0.25, -0.2) is 4.99 Å². The maximum Gasteiger partial charge on any atom is 0.231 e. The number of nitrogens with zero attached hydrogens (tertiary/aromatic N) is 1. The van der Waals surface area contributed by atoms with Gasteiger partial charge >= 0.3 is 0 Å². The fraction of sp³-hybridized carbons (Fsp3) is 0.500. The largest absolute Gasteiger partial charge is 0.454 e. The van der Waals surface area contributed by atoms with Gasteiger partial charge in [-0.3, -0.25) is 0 Å². The molecule has 3 N–H and O–H groups in total. The Morgan fingerprint density at radius 2 is 2.19 bits per heavy atom. The highest BCUT2D eigenvalue weighted by atomic mass is 127. The van der Waals surface area contributed by atoms with Crippen LogP contribution in [-0.4, -0.2) is 32.5 Å². The lowest BCUT2D eigenvalue weighted by molar-refractivity contribution is 0.145. The molecule has 1 heterocycles. The summed E-state index contributed by atoms with van der Waals surface area (Å²) in [6.07, 6.45) is 0.911. The molecule has 1 aromatic rings. The van der Waals surface area contributed by atoms with E-state index in [4.69, 9.17) is 19.9 Å². The van der Waals surface area contributed by atoms with Gasteiger partial charge < -0.3 is 25.3 Å². The van der Waals surface area contributed by atoms with Crippen molar-refractivity contribution in [2.75, 3.05) is 26.6 Å². The predicted molar refractivity (Wildman–Crippen MR) is 92.4 cm³/mol. The van der Waals surface area contributed by atoms with Crippen LogP contribution in [0.4, 0.5) is 0 Å². The van der Waals surface area contributed by atoms with Crippen LogP contribution in [0.3, 0.4) is 0 Å². The van der Waals surface area contributed by atoms with E-state index in [0.717, 1.165) is 43.2 Å². The van der Waals surface area contributed by atoms with Gasteiger partial charge in [0.05, 0.1) is 6.54 Å². The molecular weight excluding hydrogens is 385 g/mol. The summed E-state index contributed by atoms with van der Waals surface area (Å²) >= 11 is 0. The van der Waals surface area contributed by atoms with E-state index in [1.807, 2.05) is 25.1 Å². The molecule has 2 rings (SSSR count). The average molecular weight is 407 g/mol. The quantitative estimate of drug-likeness (QED) is 0.312. The highest BCUT2D eigenvalue weighted by Crippen LogP contribution is 2.32. The Hall–Kier alpha value is -1.22. The number of fused-ring (bicyclic) bond motifs is 1. The lowest BCUT2D eigenvalue weighted by Gasteiger charge is -2.06. The number of nitrogens with one attached hydrogen (secondary N) is 1. The molecule has 0 spiro atoms. The van der Waals surface area contributed by atoms with Crippen molar-refractivity contribution in [1.82, 2.24) is 5.32 Å². The van der Waals surface area contributed by atoms with E-state index in [9.17, 15) is 0 Å². The molecule has 0 radical (unpaired) electrons. The number of halogens is 1. The molecule has 21 heavy (non-hydrogen) atoms. The highest BCUT2D eigenvalue weighted by Gasteiger charge is 2.12. The van der Waals surface area contributed by atoms with Crippen LogP contribution in [0.1, 0.15) is 18.9 Å². The molecule has 0 unspecified atom stereocenters. The molecular formula is C14H22IN3O3. The van der Waals surface area contributed by atoms with Crippen LogP contribution in [0.15, 0.2) is 23.2 Å². The molecule has 0 saturated carbocycles. The maximum absolute atomic E-state index is 5.79. The van der Waals surface area contributed by atoms with Gasteiger partial charge in [0, 0.05) is 19.8 Å². The van der Waals surface area contributed by atoms with Crippen molar-refractivity contribution in [2.24, 2.45) is 10.7 Å². The summed E-state index contributed by atoms with van der Waals surface area (Å²) in [5, 5.41) is 3.06. The molecule has 0 atom stereocenters. The normalized spacial score (nSPS) is 12.9. The number of nitrogens with two attached hydrogens (primary N) is 1. The summed E-state index contributed by atoms with van der Waals surface area (Å²) in [5.74, 6) is 1.99. The second kappa shape index (κ2) is 9.67. The third-order valence-corrected chi connectivity index (χ3v) is 2.84. The summed E-state index contributed by atoms with van der Waals surface area (Å²) in [7, 11) is 0. The Balaban J connectivity index is 0.00000220. The van der Waals surface area contributed by atoms with Crippen LogP contribution in [0.5, 0.6) is 11.5 Å². The SMILES string of the molecule is CCOCCCNC(N)=NCc1ccc2c(c1)OCO2.I. The van der Waals surface area contributed by atoms with E-state index < -0.39 is 0 Å². The average Bonchev–Trinajstić information content (AvgIpc) is 2.92. The minimum Gasteiger partial charge on any atom is -0.454 e. The summed E-state index contributed by atoms with van der Waals surface area (Å²) in [6, 6.07) is 5.77. The Morgan fingerprint density at radius 3 is 3.00 bits per heavy atom.